The van der Waals surface area contributed by atoms with Gasteiger partial charge >= 0.3 is 0 Å². The van der Waals surface area contributed by atoms with Gasteiger partial charge in [-0.2, -0.15) is 0 Å². The zero-order chi connectivity index (χ0) is 15.5. The predicted octanol–water partition coefficient (Wildman–Crippen LogP) is 2.65. The molecule has 0 saturated heterocycles. The number of carbonyl (C=O) groups is 1. The second-order valence-electron chi connectivity index (χ2n) is 4.61. The number of aryl methyl sites for hydroxylation is 3. The number of sulfonamides is 1. The monoisotopic (exact) mass is 344 g/mol. The molecule has 0 aromatic carbocycles. The fourth-order valence-electron chi connectivity index (χ4n) is 1.76. The molecule has 0 radical (unpaired) electrons. The van der Waals surface area contributed by atoms with Crippen LogP contribution in [0.25, 0.3) is 0 Å². The van der Waals surface area contributed by atoms with Crippen molar-refractivity contribution in [1.82, 2.24) is 9.71 Å². The quantitative estimate of drug-likeness (QED) is 0.874. The Bertz CT molecular complexity index is 731. The van der Waals surface area contributed by atoms with Crippen molar-refractivity contribution >= 4 is 38.6 Å². The van der Waals surface area contributed by atoms with Crippen LogP contribution in [0.15, 0.2) is 21.7 Å². The summed E-state index contributed by atoms with van der Waals surface area (Å²) >= 11 is 2.72. The Labute approximate surface area is 132 Å². The lowest BCUT2D eigenvalue weighted by Gasteiger charge is -2.04. The number of amides is 1. The third-order valence-electron chi connectivity index (χ3n) is 2.73. The molecular formula is C13H16N2O3S3. The van der Waals surface area contributed by atoms with E-state index in [4.69, 9.17) is 0 Å². The molecule has 0 bridgehead atoms. The van der Waals surface area contributed by atoms with E-state index in [1.165, 1.54) is 6.07 Å². The first kappa shape index (κ1) is 16.1. The number of rotatable bonds is 6. The normalized spacial score (nSPS) is 11.5. The van der Waals surface area contributed by atoms with Crippen LogP contribution in [0, 0.1) is 13.8 Å². The largest absolute Gasteiger partial charge is 0.274 e. The minimum atomic E-state index is -3.72. The molecule has 0 aliphatic heterocycles. The van der Waals surface area contributed by atoms with Crippen LogP contribution in [0.2, 0.25) is 0 Å². The molecule has 0 unspecified atom stereocenters. The van der Waals surface area contributed by atoms with Gasteiger partial charge in [-0.1, -0.05) is 0 Å². The van der Waals surface area contributed by atoms with E-state index in [1.54, 1.807) is 17.4 Å². The number of hydrogen-bond donors (Lipinski definition) is 1. The molecule has 5 nitrogen and oxygen atoms in total. The number of hydrogen-bond acceptors (Lipinski definition) is 6. The molecule has 114 valence electrons. The van der Waals surface area contributed by atoms with E-state index in [2.05, 4.69) is 9.71 Å². The highest BCUT2D eigenvalue weighted by atomic mass is 32.2. The molecule has 0 aliphatic carbocycles. The summed E-state index contributed by atoms with van der Waals surface area (Å²) in [5.41, 5.74) is 0.946. The topological polar surface area (TPSA) is 76.1 Å². The van der Waals surface area contributed by atoms with Gasteiger partial charge in [-0.05, 0) is 38.8 Å². The first-order chi connectivity index (χ1) is 9.87. The zero-order valence-electron chi connectivity index (χ0n) is 11.8. The van der Waals surface area contributed by atoms with Gasteiger partial charge in [-0.15, -0.1) is 22.7 Å². The summed E-state index contributed by atoms with van der Waals surface area (Å²) < 4.78 is 26.2. The SMILES string of the molecule is Cc1ccc(S(=O)(=O)NC(=O)CCCc2csc(C)n2)s1. The maximum Gasteiger partial charge on any atom is 0.273 e. The summed E-state index contributed by atoms with van der Waals surface area (Å²) in [6, 6.07) is 3.22. The van der Waals surface area contributed by atoms with Gasteiger partial charge in [-0.25, -0.2) is 18.1 Å². The van der Waals surface area contributed by atoms with Crippen LogP contribution in [-0.4, -0.2) is 19.3 Å². The number of thiazole rings is 1. The molecule has 2 aromatic heterocycles. The van der Waals surface area contributed by atoms with Crippen LogP contribution < -0.4 is 4.72 Å². The molecule has 2 aromatic rings. The number of carbonyl (C=O) groups excluding carboxylic acids is 1. The summed E-state index contributed by atoms with van der Waals surface area (Å²) in [6.45, 7) is 3.75. The summed E-state index contributed by atoms with van der Waals surface area (Å²) in [4.78, 5) is 16.9. The standard InChI is InChI=1S/C13H16N2O3S3/c1-9-6-7-13(20-9)21(17,18)15-12(16)5-3-4-11-8-19-10(2)14-11/h6-8H,3-5H2,1-2H3,(H,15,16). The molecule has 8 heteroatoms. The van der Waals surface area contributed by atoms with Gasteiger partial charge in [0.05, 0.1) is 10.7 Å². The Kier molecular flexibility index (Phi) is 5.13. The average Bonchev–Trinajstić information content (AvgIpc) is 2.98. The van der Waals surface area contributed by atoms with E-state index in [0.29, 0.717) is 12.8 Å². The fourth-order valence-corrected chi connectivity index (χ4v) is 4.71. The van der Waals surface area contributed by atoms with Crippen LogP contribution in [-0.2, 0) is 21.2 Å². The lowest BCUT2D eigenvalue weighted by atomic mass is 10.2. The van der Waals surface area contributed by atoms with Gasteiger partial charge in [-0.3, -0.25) is 4.79 Å². The van der Waals surface area contributed by atoms with Crippen LogP contribution in [0.5, 0.6) is 0 Å². The first-order valence-corrected chi connectivity index (χ1v) is 9.58. The molecule has 2 rings (SSSR count). The Morgan fingerprint density at radius 1 is 1.33 bits per heavy atom. The summed E-state index contributed by atoms with van der Waals surface area (Å²) in [5, 5.41) is 2.95. The van der Waals surface area contributed by atoms with E-state index in [-0.39, 0.29) is 10.6 Å². The van der Waals surface area contributed by atoms with Crippen molar-refractivity contribution in [3.05, 3.63) is 33.1 Å². The Hall–Kier alpha value is -1.25. The zero-order valence-corrected chi connectivity index (χ0v) is 14.2. The van der Waals surface area contributed by atoms with E-state index in [0.717, 1.165) is 26.9 Å². The molecular weight excluding hydrogens is 328 g/mol. The molecule has 2 heterocycles. The van der Waals surface area contributed by atoms with Crippen molar-refractivity contribution in [1.29, 1.82) is 0 Å². The minimum absolute atomic E-state index is 0.167. The Morgan fingerprint density at radius 3 is 2.67 bits per heavy atom. The second-order valence-corrected chi connectivity index (χ2v) is 8.86. The number of nitrogens with zero attached hydrogens (tertiary/aromatic N) is 1. The van der Waals surface area contributed by atoms with Crippen molar-refractivity contribution in [2.45, 2.75) is 37.3 Å². The molecule has 1 N–H and O–H groups in total. The van der Waals surface area contributed by atoms with Crippen LogP contribution in [0.4, 0.5) is 0 Å². The molecule has 0 aliphatic rings. The fraction of sp³-hybridized carbons (Fsp3) is 0.385. The Balaban J connectivity index is 1.84. The van der Waals surface area contributed by atoms with Crippen molar-refractivity contribution < 1.29 is 13.2 Å². The maximum absolute atomic E-state index is 12.0. The van der Waals surface area contributed by atoms with Gasteiger partial charge in [0.15, 0.2) is 0 Å². The number of nitrogens with one attached hydrogen (secondary N) is 1. The number of aromatic nitrogens is 1. The molecule has 0 fully saturated rings. The van der Waals surface area contributed by atoms with Crippen LogP contribution in [0.3, 0.4) is 0 Å². The molecule has 0 atom stereocenters. The van der Waals surface area contributed by atoms with Crippen molar-refractivity contribution in [2.24, 2.45) is 0 Å². The van der Waals surface area contributed by atoms with E-state index >= 15 is 0 Å². The smallest absolute Gasteiger partial charge is 0.273 e. The van der Waals surface area contributed by atoms with E-state index in [9.17, 15) is 13.2 Å². The summed E-state index contributed by atoms with van der Waals surface area (Å²) in [7, 11) is -3.72. The van der Waals surface area contributed by atoms with Gasteiger partial charge < -0.3 is 0 Å². The van der Waals surface area contributed by atoms with E-state index in [1.807, 2.05) is 19.2 Å². The van der Waals surface area contributed by atoms with Gasteiger partial charge in [0.1, 0.15) is 4.21 Å². The lowest BCUT2D eigenvalue weighted by Crippen LogP contribution is -2.29. The van der Waals surface area contributed by atoms with Crippen LogP contribution >= 0.6 is 22.7 Å². The summed E-state index contributed by atoms with van der Waals surface area (Å²) in [5.74, 6) is -0.479. The molecule has 0 spiro atoms. The second kappa shape index (κ2) is 6.67. The van der Waals surface area contributed by atoms with Crippen molar-refractivity contribution in [3.63, 3.8) is 0 Å². The van der Waals surface area contributed by atoms with Gasteiger partial charge in [0.2, 0.25) is 5.91 Å². The number of thiophene rings is 1. The van der Waals surface area contributed by atoms with Crippen molar-refractivity contribution in [2.75, 3.05) is 0 Å². The average molecular weight is 344 g/mol. The highest BCUT2D eigenvalue weighted by molar-refractivity contribution is 7.92. The Morgan fingerprint density at radius 2 is 2.10 bits per heavy atom. The van der Waals surface area contributed by atoms with Gasteiger partial charge in [0.25, 0.3) is 10.0 Å². The first-order valence-electron chi connectivity index (χ1n) is 6.40. The highest BCUT2D eigenvalue weighted by Crippen LogP contribution is 2.20. The van der Waals surface area contributed by atoms with Crippen LogP contribution in [0.1, 0.15) is 28.4 Å². The highest BCUT2D eigenvalue weighted by Gasteiger charge is 2.19. The van der Waals surface area contributed by atoms with Crippen molar-refractivity contribution in [3.8, 4) is 0 Å². The summed E-state index contributed by atoms with van der Waals surface area (Å²) in [6.07, 6.45) is 1.42. The van der Waals surface area contributed by atoms with Gasteiger partial charge in [0, 0.05) is 16.7 Å². The molecule has 21 heavy (non-hydrogen) atoms. The third kappa shape index (κ3) is 4.62. The maximum atomic E-state index is 12.0. The molecule has 1 amide bonds. The minimum Gasteiger partial charge on any atom is -0.274 e. The predicted molar refractivity (Wildman–Crippen MR) is 84.2 cm³/mol. The molecule has 0 saturated carbocycles. The van der Waals surface area contributed by atoms with E-state index < -0.39 is 15.9 Å². The third-order valence-corrected chi connectivity index (χ3v) is 6.42. The lowest BCUT2D eigenvalue weighted by molar-refractivity contribution is -0.119.